The van der Waals surface area contributed by atoms with E-state index in [0.717, 1.165) is 13.0 Å². The molecule has 0 spiro atoms. The van der Waals surface area contributed by atoms with E-state index >= 15 is 0 Å². The molecule has 3 heteroatoms. The molecule has 0 aromatic rings. The van der Waals surface area contributed by atoms with Gasteiger partial charge in [0.2, 0.25) is 0 Å². The predicted molar refractivity (Wildman–Crippen MR) is 42.1 cm³/mol. The molecule has 2 unspecified atom stereocenters. The van der Waals surface area contributed by atoms with Crippen LogP contribution in [0.15, 0.2) is 0 Å². The fraction of sp³-hybridized carbons (Fsp3) is 0.875. The maximum atomic E-state index is 11.2. The molecule has 2 bridgehead atoms. The molecule has 1 saturated carbocycles. The van der Waals surface area contributed by atoms with Crippen molar-refractivity contribution >= 4 is 5.97 Å². The summed E-state index contributed by atoms with van der Waals surface area (Å²) in [6, 6.07) is 0.587. The highest BCUT2D eigenvalue weighted by Gasteiger charge is 2.43. The molecule has 0 amide bonds. The molecular weight excluding hydrogens is 142 g/mol. The number of ether oxygens (including phenoxy) is 1. The van der Waals surface area contributed by atoms with Crippen LogP contribution in [0.2, 0.25) is 0 Å². The van der Waals surface area contributed by atoms with Gasteiger partial charge in [0.1, 0.15) is 0 Å². The second-order valence-corrected chi connectivity index (χ2v) is 3.47. The van der Waals surface area contributed by atoms with Crippen LogP contribution in [0.5, 0.6) is 0 Å². The first-order chi connectivity index (χ1) is 5.31. The molecule has 64 valence electrons. The molecule has 1 aliphatic heterocycles. The Morgan fingerprint density at radius 2 is 2.45 bits per heavy atom. The lowest BCUT2D eigenvalue weighted by Gasteiger charge is -2.19. The van der Waals surface area contributed by atoms with Crippen LogP contribution in [0.1, 0.15) is 14.3 Å². The summed E-state index contributed by atoms with van der Waals surface area (Å²) in [4.78, 5) is 11.2. The summed E-state index contributed by atoms with van der Waals surface area (Å²) in [5.41, 5.74) is 0. The molecule has 3 nitrogen and oxygen atoms in total. The second-order valence-electron chi connectivity index (χ2n) is 3.47. The van der Waals surface area contributed by atoms with Crippen LogP contribution in [-0.4, -0.2) is 25.7 Å². The summed E-state index contributed by atoms with van der Waals surface area (Å²) in [6.07, 6.45) is 2.15. The average molecular weight is 157 g/mol. The maximum absolute atomic E-state index is 11.2. The summed E-state index contributed by atoms with van der Waals surface area (Å²) >= 11 is 0. The van der Waals surface area contributed by atoms with Crippen molar-refractivity contribution in [3.05, 3.63) is 0 Å². The van der Waals surface area contributed by atoms with E-state index in [2.05, 4.69) is 5.32 Å². The van der Waals surface area contributed by atoms with Gasteiger partial charge >= 0.3 is 5.97 Å². The van der Waals surface area contributed by atoms with E-state index in [1.165, 1.54) is 13.5 Å². The molecule has 11 heavy (non-hydrogen) atoms. The van der Waals surface area contributed by atoms with Gasteiger partial charge in [-0.2, -0.15) is 0 Å². The van der Waals surface area contributed by atoms with Gasteiger partial charge in [-0.25, -0.2) is 0 Å². The molecule has 2 fully saturated rings. The molecule has 1 aliphatic carbocycles. The molecule has 0 aromatic carbocycles. The van der Waals surface area contributed by atoms with Crippen molar-refractivity contribution in [2.75, 3.05) is 13.7 Å². The smallest absolute Gasteiger partial charge is 0.309 e. The van der Waals surface area contributed by atoms with E-state index in [-0.39, 0.29) is 13.3 Å². The van der Waals surface area contributed by atoms with E-state index in [1.807, 2.05) is 0 Å². The van der Waals surface area contributed by atoms with Gasteiger partial charge in [-0.3, -0.25) is 4.79 Å². The lowest BCUT2D eigenvalue weighted by atomic mass is 9.96. The van der Waals surface area contributed by atoms with Crippen LogP contribution < -0.4 is 5.32 Å². The van der Waals surface area contributed by atoms with Crippen molar-refractivity contribution in [3.8, 4) is 0 Å². The molecule has 2 aliphatic rings. The summed E-state index contributed by atoms with van der Waals surface area (Å²) < 4.78 is 4.72. The van der Waals surface area contributed by atoms with Crippen LogP contribution in [0.25, 0.3) is 0 Å². The first-order valence-electron chi connectivity index (χ1n) is 4.12. The van der Waals surface area contributed by atoms with Gasteiger partial charge in [0, 0.05) is 7.47 Å². The van der Waals surface area contributed by atoms with Crippen LogP contribution in [0.3, 0.4) is 0 Å². The van der Waals surface area contributed by atoms with Crippen LogP contribution in [0.4, 0.5) is 0 Å². The average Bonchev–Trinajstić information content (AvgIpc) is 2.62. The topological polar surface area (TPSA) is 38.3 Å². The molecule has 0 aromatic heterocycles. The lowest BCUT2D eigenvalue weighted by Crippen LogP contribution is -2.33. The largest absolute Gasteiger partial charge is 0.469 e. The Bertz CT molecular complexity index is 186. The van der Waals surface area contributed by atoms with E-state index in [9.17, 15) is 4.79 Å². The Labute approximate surface area is 67.6 Å². The Kier molecular flexibility index (Phi) is 1.60. The Morgan fingerprint density at radius 1 is 1.64 bits per heavy atom. The number of hydrogen-bond donors (Lipinski definition) is 1. The first-order valence-corrected chi connectivity index (χ1v) is 4.12. The molecule has 1 N–H and O–H groups in total. The van der Waals surface area contributed by atoms with Crippen LogP contribution >= 0.6 is 0 Å². The highest BCUT2D eigenvalue weighted by molar-refractivity contribution is 5.73. The zero-order valence-corrected chi connectivity index (χ0v) is 6.67. The number of piperidine rings is 1. The molecule has 3 atom stereocenters. The number of methoxy groups -OCH3 is 1. The van der Waals surface area contributed by atoms with Gasteiger partial charge in [0.15, 0.2) is 0 Å². The quantitative estimate of drug-likeness (QED) is 0.560. The third-order valence-electron chi connectivity index (χ3n) is 2.87. The monoisotopic (exact) mass is 157 g/mol. The first kappa shape index (κ1) is 7.10. The Balaban J connectivity index is 0.000000720. The Hall–Kier alpha value is -0.570. The lowest BCUT2D eigenvalue weighted by molar-refractivity contribution is -0.146. The number of carbonyl (C=O) groups excluding carboxylic acids is 1. The minimum atomic E-state index is -0.0148. The zero-order valence-electron chi connectivity index (χ0n) is 6.67. The van der Waals surface area contributed by atoms with E-state index in [0.29, 0.717) is 12.0 Å². The van der Waals surface area contributed by atoms with Crippen molar-refractivity contribution in [1.29, 1.82) is 0 Å². The molecule has 2 rings (SSSR count). The van der Waals surface area contributed by atoms with Gasteiger partial charge in [-0.1, -0.05) is 0 Å². The van der Waals surface area contributed by atoms with Crippen molar-refractivity contribution in [2.45, 2.75) is 18.9 Å². The summed E-state index contributed by atoms with van der Waals surface area (Å²) in [5, 5.41) is 3.36. The Morgan fingerprint density at radius 3 is 2.91 bits per heavy atom. The number of carbonyl (C=O) groups is 1. The number of rotatable bonds is 1. The highest BCUT2D eigenvalue weighted by atomic mass is 16.5. The van der Waals surface area contributed by atoms with Crippen molar-refractivity contribution in [3.63, 3.8) is 0 Å². The standard InChI is InChI=1S/C8H13NO2.H2/c1-11-8(10)7-3-6-2-5(7)4-9-6;/h5-7,9H,2-4H2,1H3;1H/t5?,6?,7-;/m1./s1. The minimum absolute atomic E-state index is 0. The number of fused-ring (bicyclic) bond motifs is 2. The number of nitrogens with one attached hydrogen (secondary N) is 1. The summed E-state index contributed by atoms with van der Waals surface area (Å²) in [5.74, 6) is 0.720. The molecule has 1 saturated heterocycles. The van der Waals surface area contributed by atoms with Gasteiger partial charge in [0.05, 0.1) is 13.0 Å². The second kappa shape index (κ2) is 2.48. The van der Waals surface area contributed by atoms with Crippen LogP contribution in [-0.2, 0) is 9.53 Å². The van der Waals surface area contributed by atoms with Gasteiger partial charge in [-0.15, -0.1) is 0 Å². The third-order valence-corrected chi connectivity index (χ3v) is 2.87. The van der Waals surface area contributed by atoms with Gasteiger partial charge < -0.3 is 10.1 Å². The normalized spacial score (nSPS) is 41.0. The molecular formula is C8H15NO2. The van der Waals surface area contributed by atoms with Crippen molar-refractivity contribution < 1.29 is 11.0 Å². The predicted octanol–water partition coefficient (Wildman–Crippen LogP) is 0.403. The fourth-order valence-electron chi connectivity index (χ4n) is 2.28. The van der Waals surface area contributed by atoms with E-state index in [4.69, 9.17) is 4.74 Å². The highest BCUT2D eigenvalue weighted by Crippen LogP contribution is 2.36. The summed E-state index contributed by atoms with van der Waals surface area (Å²) in [7, 11) is 1.47. The van der Waals surface area contributed by atoms with E-state index in [1.54, 1.807) is 0 Å². The van der Waals surface area contributed by atoms with Gasteiger partial charge in [0.25, 0.3) is 0 Å². The maximum Gasteiger partial charge on any atom is 0.309 e. The number of esters is 1. The number of hydrogen-bond acceptors (Lipinski definition) is 3. The van der Waals surface area contributed by atoms with Crippen LogP contribution in [0, 0.1) is 11.8 Å². The minimum Gasteiger partial charge on any atom is -0.469 e. The van der Waals surface area contributed by atoms with Crippen molar-refractivity contribution in [1.82, 2.24) is 5.32 Å². The van der Waals surface area contributed by atoms with E-state index < -0.39 is 0 Å². The molecule has 1 heterocycles. The zero-order chi connectivity index (χ0) is 7.84. The van der Waals surface area contributed by atoms with Gasteiger partial charge in [-0.05, 0) is 25.3 Å². The van der Waals surface area contributed by atoms with Crippen molar-refractivity contribution in [2.24, 2.45) is 11.8 Å². The summed E-state index contributed by atoms with van der Waals surface area (Å²) in [6.45, 7) is 1.00. The third kappa shape index (κ3) is 1.03. The SMILES string of the molecule is COC(=O)[C@@H]1CC2CC1CN2.[HH]. The fourth-order valence-corrected chi connectivity index (χ4v) is 2.28. The molecule has 0 radical (unpaired) electrons.